The highest BCUT2D eigenvalue weighted by molar-refractivity contribution is 6.06. The number of benzene rings is 1. The van der Waals surface area contributed by atoms with Crippen molar-refractivity contribution in [2.45, 2.75) is 6.18 Å². The van der Waals surface area contributed by atoms with Gasteiger partial charge in [-0.05, 0) is 12.1 Å². The third-order valence-electron chi connectivity index (χ3n) is 3.40. The molecule has 0 saturated carbocycles. The molecular weight excluding hydrogens is 337 g/mol. The van der Waals surface area contributed by atoms with E-state index in [9.17, 15) is 18.0 Å². The van der Waals surface area contributed by atoms with Crippen molar-refractivity contribution in [2.75, 3.05) is 5.32 Å². The van der Waals surface area contributed by atoms with Crippen LogP contribution in [-0.2, 0) is 20.3 Å². The fourth-order valence-electron chi connectivity index (χ4n) is 2.34. The number of amides is 1. The number of carbonyl (C=O) groups excluding carboxylic acids is 1. The first kappa shape index (κ1) is 16.7. The summed E-state index contributed by atoms with van der Waals surface area (Å²) >= 11 is 0. The van der Waals surface area contributed by atoms with Crippen LogP contribution < -0.4 is 5.32 Å². The van der Waals surface area contributed by atoms with Gasteiger partial charge in [0.05, 0.1) is 23.0 Å². The highest BCUT2D eigenvalue weighted by Crippen LogP contribution is 2.32. The Hall–Kier alpha value is -3.17. The molecule has 2 aromatic heterocycles. The van der Waals surface area contributed by atoms with E-state index < -0.39 is 23.2 Å². The number of halogens is 3. The Balaban J connectivity index is 1.96. The zero-order valence-electron chi connectivity index (χ0n) is 13.2. The molecule has 1 aromatic carbocycles. The maximum Gasteiger partial charge on any atom is 0.417 e. The average Bonchev–Trinajstić information content (AvgIpc) is 3.12. The van der Waals surface area contributed by atoms with E-state index >= 15 is 0 Å². The number of aryl methyl sites for hydroxylation is 2. The highest BCUT2D eigenvalue weighted by atomic mass is 19.4. The Morgan fingerprint density at radius 1 is 1.16 bits per heavy atom. The number of anilines is 1. The Morgan fingerprint density at radius 3 is 2.52 bits per heavy atom. The largest absolute Gasteiger partial charge is 0.417 e. The van der Waals surface area contributed by atoms with Crippen molar-refractivity contribution in [3.63, 3.8) is 0 Å². The molecule has 0 bridgehead atoms. The van der Waals surface area contributed by atoms with Crippen LogP contribution in [0, 0.1) is 0 Å². The standard InChI is InChI=1S/C15H13F3N6O/c1-23-8-12(13(22-23)11-7-19-24(2)21-11)20-14(25)9-5-3-4-6-10(9)15(16,17)18/h3-8H,1-2H3,(H,20,25). The third-order valence-corrected chi connectivity index (χ3v) is 3.40. The number of rotatable bonds is 3. The van der Waals surface area contributed by atoms with Crippen LogP contribution in [0.3, 0.4) is 0 Å². The number of nitrogens with one attached hydrogen (secondary N) is 1. The summed E-state index contributed by atoms with van der Waals surface area (Å²) in [6.45, 7) is 0. The Morgan fingerprint density at radius 2 is 1.88 bits per heavy atom. The lowest BCUT2D eigenvalue weighted by molar-refractivity contribution is -0.137. The van der Waals surface area contributed by atoms with Crippen LogP contribution >= 0.6 is 0 Å². The van der Waals surface area contributed by atoms with Crippen LogP contribution in [0.4, 0.5) is 18.9 Å². The molecule has 7 nitrogen and oxygen atoms in total. The first-order chi connectivity index (χ1) is 11.8. The third kappa shape index (κ3) is 3.37. The van der Waals surface area contributed by atoms with Crippen LogP contribution in [0.25, 0.3) is 11.4 Å². The number of nitrogens with zero attached hydrogens (tertiary/aromatic N) is 5. The number of alkyl halides is 3. The molecule has 0 aliphatic heterocycles. The van der Waals surface area contributed by atoms with E-state index in [1.54, 1.807) is 14.1 Å². The molecular formula is C15H13F3N6O. The quantitative estimate of drug-likeness (QED) is 0.787. The molecule has 0 radical (unpaired) electrons. The molecule has 0 unspecified atom stereocenters. The summed E-state index contributed by atoms with van der Waals surface area (Å²) in [5.41, 5.74) is -0.526. The molecule has 3 rings (SSSR count). The highest BCUT2D eigenvalue weighted by Gasteiger charge is 2.35. The molecule has 0 saturated heterocycles. The maximum atomic E-state index is 13.1. The van der Waals surface area contributed by atoms with E-state index in [4.69, 9.17) is 0 Å². The molecule has 2 heterocycles. The van der Waals surface area contributed by atoms with Crippen LogP contribution in [0.1, 0.15) is 15.9 Å². The maximum absolute atomic E-state index is 13.1. The minimum absolute atomic E-state index is 0.241. The van der Waals surface area contributed by atoms with E-state index in [0.29, 0.717) is 11.4 Å². The molecule has 25 heavy (non-hydrogen) atoms. The summed E-state index contributed by atoms with van der Waals surface area (Å²) in [5, 5.41) is 14.7. The van der Waals surface area contributed by atoms with Crippen molar-refractivity contribution in [3.8, 4) is 11.4 Å². The van der Waals surface area contributed by atoms with Crippen molar-refractivity contribution >= 4 is 11.6 Å². The normalized spacial score (nSPS) is 11.6. The summed E-state index contributed by atoms with van der Waals surface area (Å²) in [6, 6.07) is 4.59. The number of aromatic nitrogens is 5. The lowest BCUT2D eigenvalue weighted by Gasteiger charge is -2.12. The van der Waals surface area contributed by atoms with Crippen molar-refractivity contribution in [1.82, 2.24) is 24.8 Å². The number of hydrogen-bond acceptors (Lipinski definition) is 4. The SMILES string of the molecule is Cn1cc(NC(=O)c2ccccc2C(F)(F)F)c(-c2cnn(C)n2)n1. The van der Waals surface area contributed by atoms with Crippen LogP contribution in [0.5, 0.6) is 0 Å². The Bertz CT molecular complexity index is 927. The first-order valence-corrected chi connectivity index (χ1v) is 7.13. The van der Waals surface area contributed by atoms with Gasteiger partial charge in [0.1, 0.15) is 11.4 Å². The smallest absolute Gasteiger partial charge is 0.319 e. The minimum atomic E-state index is -4.63. The van der Waals surface area contributed by atoms with Crippen molar-refractivity contribution in [3.05, 3.63) is 47.8 Å². The fraction of sp³-hybridized carbons (Fsp3) is 0.200. The van der Waals surface area contributed by atoms with Gasteiger partial charge in [-0.2, -0.15) is 33.3 Å². The molecule has 130 valence electrons. The van der Waals surface area contributed by atoms with Crippen molar-refractivity contribution < 1.29 is 18.0 Å². The van der Waals surface area contributed by atoms with Gasteiger partial charge in [-0.1, -0.05) is 12.1 Å². The van der Waals surface area contributed by atoms with Gasteiger partial charge < -0.3 is 5.32 Å². The second-order valence-corrected chi connectivity index (χ2v) is 5.28. The van der Waals surface area contributed by atoms with Gasteiger partial charge >= 0.3 is 6.18 Å². The first-order valence-electron chi connectivity index (χ1n) is 7.13. The molecule has 0 spiro atoms. The lowest BCUT2D eigenvalue weighted by Crippen LogP contribution is -2.18. The molecule has 1 amide bonds. The molecule has 1 N–H and O–H groups in total. The monoisotopic (exact) mass is 350 g/mol. The van der Waals surface area contributed by atoms with E-state index in [0.717, 1.165) is 12.1 Å². The second kappa shape index (κ2) is 6.04. The van der Waals surface area contributed by atoms with E-state index in [2.05, 4.69) is 20.6 Å². The summed E-state index contributed by atoms with van der Waals surface area (Å²) in [4.78, 5) is 13.7. The minimum Gasteiger partial charge on any atom is -0.319 e. The second-order valence-electron chi connectivity index (χ2n) is 5.28. The molecule has 0 aliphatic carbocycles. The molecule has 10 heteroatoms. The Kier molecular flexibility index (Phi) is 4.03. The van der Waals surface area contributed by atoms with Gasteiger partial charge in [0, 0.05) is 20.3 Å². The van der Waals surface area contributed by atoms with Crippen LogP contribution in [0.15, 0.2) is 36.7 Å². The Labute approximate surface area is 140 Å². The van der Waals surface area contributed by atoms with Crippen molar-refractivity contribution in [1.29, 1.82) is 0 Å². The van der Waals surface area contributed by atoms with E-state index in [1.807, 2.05) is 0 Å². The number of carbonyl (C=O) groups is 1. The topological polar surface area (TPSA) is 77.6 Å². The zero-order chi connectivity index (χ0) is 18.2. The molecule has 0 atom stereocenters. The molecule has 3 aromatic rings. The van der Waals surface area contributed by atoms with Crippen LogP contribution in [-0.4, -0.2) is 30.7 Å². The lowest BCUT2D eigenvalue weighted by atomic mass is 10.1. The zero-order valence-corrected chi connectivity index (χ0v) is 13.2. The van der Waals surface area contributed by atoms with Crippen LogP contribution in [0.2, 0.25) is 0 Å². The number of hydrogen-bond donors (Lipinski definition) is 1. The summed E-state index contributed by atoms with van der Waals surface area (Å²) in [6.07, 6.45) is -1.70. The fourth-order valence-corrected chi connectivity index (χ4v) is 2.34. The van der Waals surface area contributed by atoms with Gasteiger partial charge in [-0.25, -0.2) is 0 Å². The molecule has 0 fully saturated rings. The predicted molar refractivity (Wildman–Crippen MR) is 82.6 cm³/mol. The summed E-state index contributed by atoms with van der Waals surface area (Å²) in [5.74, 6) is -0.883. The van der Waals surface area contributed by atoms with Gasteiger partial charge in [0.15, 0.2) is 0 Å². The average molecular weight is 350 g/mol. The summed E-state index contributed by atoms with van der Waals surface area (Å²) in [7, 11) is 3.24. The van der Waals surface area contributed by atoms with Gasteiger partial charge in [-0.15, -0.1) is 0 Å². The van der Waals surface area contributed by atoms with Crippen molar-refractivity contribution in [2.24, 2.45) is 14.1 Å². The van der Waals surface area contributed by atoms with Gasteiger partial charge in [0.25, 0.3) is 5.91 Å². The van der Waals surface area contributed by atoms with E-state index in [1.165, 1.54) is 34.0 Å². The van der Waals surface area contributed by atoms with Gasteiger partial charge in [0.2, 0.25) is 0 Å². The van der Waals surface area contributed by atoms with E-state index in [-0.39, 0.29) is 5.69 Å². The van der Waals surface area contributed by atoms with Gasteiger partial charge in [-0.3, -0.25) is 9.48 Å². The molecule has 0 aliphatic rings. The summed E-state index contributed by atoms with van der Waals surface area (Å²) < 4.78 is 40.7. The predicted octanol–water partition coefficient (Wildman–Crippen LogP) is 2.49.